The quantitative estimate of drug-likeness (QED) is 0.488. The van der Waals surface area contributed by atoms with Crippen molar-refractivity contribution in [3.63, 3.8) is 0 Å². The zero-order chi connectivity index (χ0) is 29.5. The molecule has 0 spiro atoms. The van der Waals surface area contributed by atoms with Gasteiger partial charge in [0.05, 0.1) is 11.2 Å². The van der Waals surface area contributed by atoms with Crippen LogP contribution >= 0.6 is 0 Å². The molecule has 0 aromatic rings. The van der Waals surface area contributed by atoms with Gasteiger partial charge >= 0.3 is 0 Å². The van der Waals surface area contributed by atoms with Crippen LogP contribution in [0.25, 0.3) is 0 Å². The Balaban J connectivity index is 0.000000483. The SMILES string of the molecule is CC(C)C(=O)N(C)C.CC(C)C(=O)N1CCCC1.CC(C)C1(O)CCCCC1.CC(C)C1(O)CCOCC1. The third kappa shape index (κ3) is 13.7. The summed E-state index contributed by atoms with van der Waals surface area (Å²) in [5.74, 6) is 1.61. The Hall–Kier alpha value is -1.18. The zero-order valence-corrected chi connectivity index (χ0v) is 26.5. The van der Waals surface area contributed by atoms with Crippen LogP contribution in [0.15, 0.2) is 0 Å². The second kappa shape index (κ2) is 18.2. The number of hydrogen-bond acceptors (Lipinski definition) is 5. The second-order valence-corrected chi connectivity index (χ2v) is 12.8. The molecule has 2 aliphatic heterocycles. The van der Waals surface area contributed by atoms with E-state index < -0.39 is 5.60 Å². The van der Waals surface area contributed by atoms with Crippen LogP contribution in [0.2, 0.25) is 0 Å². The Bertz CT molecular complexity index is 605. The Morgan fingerprint density at radius 1 is 0.684 bits per heavy atom. The van der Waals surface area contributed by atoms with Gasteiger partial charge in [0.15, 0.2) is 0 Å². The Labute approximate surface area is 234 Å². The molecule has 1 saturated carbocycles. The van der Waals surface area contributed by atoms with E-state index in [0.29, 0.717) is 31.0 Å². The maximum absolute atomic E-state index is 11.3. The molecule has 2 saturated heterocycles. The molecular weight excluding hydrogens is 480 g/mol. The molecule has 3 rings (SSSR count). The van der Waals surface area contributed by atoms with Gasteiger partial charge in [-0.25, -0.2) is 0 Å². The van der Waals surface area contributed by atoms with E-state index >= 15 is 0 Å². The molecule has 2 N–H and O–H groups in total. The van der Waals surface area contributed by atoms with Crippen molar-refractivity contribution in [2.45, 2.75) is 124 Å². The molecule has 0 bridgehead atoms. The minimum absolute atomic E-state index is 0.130. The van der Waals surface area contributed by atoms with Gasteiger partial charge in [0.1, 0.15) is 0 Å². The average Bonchev–Trinajstić information content (AvgIpc) is 3.40. The maximum Gasteiger partial charge on any atom is 0.225 e. The molecule has 3 aliphatic rings. The van der Waals surface area contributed by atoms with Crippen LogP contribution in [-0.2, 0) is 14.3 Å². The number of amides is 2. The summed E-state index contributed by atoms with van der Waals surface area (Å²) in [5, 5.41) is 19.8. The van der Waals surface area contributed by atoms with Crippen LogP contribution in [0.5, 0.6) is 0 Å². The predicted molar refractivity (Wildman–Crippen MR) is 157 cm³/mol. The average molecular weight is 543 g/mol. The van der Waals surface area contributed by atoms with Crippen LogP contribution in [0, 0.1) is 23.7 Å². The summed E-state index contributed by atoms with van der Waals surface area (Å²) in [5.41, 5.74) is -0.767. The van der Waals surface area contributed by atoms with Crippen molar-refractivity contribution < 1.29 is 24.5 Å². The number of hydrogen-bond donors (Lipinski definition) is 2. The molecule has 0 aromatic carbocycles. The molecule has 0 atom stereocenters. The lowest BCUT2D eigenvalue weighted by atomic mass is 9.77. The normalized spacial score (nSPS) is 20.2. The van der Waals surface area contributed by atoms with Gasteiger partial charge in [-0.05, 0) is 50.4 Å². The third-order valence-corrected chi connectivity index (χ3v) is 8.07. The van der Waals surface area contributed by atoms with Crippen LogP contribution in [0.4, 0.5) is 0 Å². The summed E-state index contributed by atoms with van der Waals surface area (Å²) in [4.78, 5) is 25.6. The van der Waals surface area contributed by atoms with Crippen LogP contribution in [0.1, 0.15) is 113 Å². The fourth-order valence-electron chi connectivity index (χ4n) is 4.86. The van der Waals surface area contributed by atoms with E-state index in [9.17, 15) is 19.8 Å². The van der Waals surface area contributed by atoms with E-state index in [2.05, 4.69) is 27.7 Å². The predicted octanol–water partition coefficient (Wildman–Crippen LogP) is 5.52. The molecule has 1 aliphatic carbocycles. The van der Waals surface area contributed by atoms with Crippen molar-refractivity contribution >= 4 is 11.8 Å². The molecule has 2 heterocycles. The topological polar surface area (TPSA) is 90.3 Å². The number of ether oxygens (including phenoxy) is 1. The molecule has 7 heteroatoms. The van der Waals surface area contributed by atoms with E-state index in [4.69, 9.17) is 4.74 Å². The van der Waals surface area contributed by atoms with Gasteiger partial charge in [0.2, 0.25) is 11.8 Å². The number of nitrogens with zero attached hydrogens (tertiary/aromatic N) is 2. The van der Waals surface area contributed by atoms with E-state index in [1.165, 1.54) is 32.1 Å². The number of aliphatic hydroxyl groups is 2. The third-order valence-electron chi connectivity index (χ3n) is 8.07. The van der Waals surface area contributed by atoms with Gasteiger partial charge in [-0.1, -0.05) is 74.7 Å². The molecule has 226 valence electrons. The summed E-state index contributed by atoms with van der Waals surface area (Å²) in [7, 11) is 3.53. The lowest BCUT2D eigenvalue weighted by molar-refractivity contribution is -0.133. The van der Waals surface area contributed by atoms with Crippen molar-refractivity contribution in [1.29, 1.82) is 0 Å². The van der Waals surface area contributed by atoms with Gasteiger partial charge in [-0.2, -0.15) is 0 Å². The summed E-state index contributed by atoms with van der Waals surface area (Å²) >= 11 is 0. The molecule has 3 fully saturated rings. The van der Waals surface area contributed by atoms with Crippen LogP contribution < -0.4 is 0 Å². The smallest absolute Gasteiger partial charge is 0.225 e. The maximum atomic E-state index is 11.3. The van der Waals surface area contributed by atoms with E-state index in [1.54, 1.807) is 19.0 Å². The molecule has 0 aromatic heterocycles. The number of likely N-dealkylation sites (tertiary alicyclic amines) is 1. The first kappa shape index (κ1) is 36.8. The number of carbonyl (C=O) groups excluding carboxylic acids is 2. The molecule has 38 heavy (non-hydrogen) atoms. The Morgan fingerprint density at radius 3 is 1.37 bits per heavy atom. The first-order valence-electron chi connectivity index (χ1n) is 15.1. The van der Waals surface area contributed by atoms with Crippen molar-refractivity contribution in [3.8, 4) is 0 Å². The molecule has 2 amide bonds. The largest absolute Gasteiger partial charge is 0.390 e. The molecule has 0 unspecified atom stereocenters. The highest BCUT2D eigenvalue weighted by molar-refractivity contribution is 5.78. The highest BCUT2D eigenvalue weighted by Crippen LogP contribution is 2.33. The first-order valence-corrected chi connectivity index (χ1v) is 15.1. The number of rotatable bonds is 4. The van der Waals surface area contributed by atoms with Gasteiger partial charge in [0, 0.05) is 52.2 Å². The summed E-state index contributed by atoms with van der Waals surface area (Å²) < 4.78 is 5.16. The van der Waals surface area contributed by atoms with Crippen molar-refractivity contribution in [3.05, 3.63) is 0 Å². The lowest BCUT2D eigenvalue weighted by Gasteiger charge is -2.35. The first-order chi connectivity index (χ1) is 17.6. The summed E-state index contributed by atoms with van der Waals surface area (Å²) in [6.07, 6.45) is 9.76. The fraction of sp³-hybridized carbons (Fsp3) is 0.935. The molecular formula is C31H62N2O5. The lowest BCUT2D eigenvalue weighted by Crippen LogP contribution is -2.40. The van der Waals surface area contributed by atoms with Gasteiger partial charge in [0.25, 0.3) is 0 Å². The van der Waals surface area contributed by atoms with Crippen molar-refractivity contribution in [2.24, 2.45) is 23.7 Å². The van der Waals surface area contributed by atoms with E-state index in [-0.39, 0.29) is 23.3 Å². The van der Waals surface area contributed by atoms with Gasteiger partial charge in [-0.15, -0.1) is 0 Å². The van der Waals surface area contributed by atoms with Gasteiger partial charge in [-0.3, -0.25) is 9.59 Å². The van der Waals surface area contributed by atoms with Crippen molar-refractivity contribution in [2.75, 3.05) is 40.4 Å². The van der Waals surface area contributed by atoms with Crippen molar-refractivity contribution in [1.82, 2.24) is 9.80 Å². The van der Waals surface area contributed by atoms with Crippen LogP contribution in [-0.4, -0.2) is 83.4 Å². The zero-order valence-electron chi connectivity index (χ0n) is 26.5. The van der Waals surface area contributed by atoms with Crippen LogP contribution in [0.3, 0.4) is 0 Å². The van der Waals surface area contributed by atoms with E-state index in [0.717, 1.165) is 38.8 Å². The standard InChI is InChI=1S/C9H18O.C8H15NO.C8H16O2.C6H13NO/c1-8(2)9(10)6-4-3-5-7-9;1-7(2)8(10)9-5-3-4-6-9;1-7(2)8(9)3-5-10-6-4-8;1-5(2)6(8)7(3)4/h8,10H,3-7H2,1-2H3;7H,3-6H2,1-2H3;7,9H,3-6H2,1-2H3;5H,1-4H3. The molecule has 0 radical (unpaired) electrons. The highest BCUT2D eigenvalue weighted by atomic mass is 16.5. The summed E-state index contributed by atoms with van der Waals surface area (Å²) in [6.45, 7) is 19.5. The Morgan fingerprint density at radius 2 is 1.11 bits per heavy atom. The fourth-order valence-corrected chi connectivity index (χ4v) is 4.86. The highest BCUT2D eigenvalue weighted by Gasteiger charge is 2.33. The minimum atomic E-state index is -0.446. The minimum Gasteiger partial charge on any atom is -0.390 e. The Kier molecular flexibility index (Phi) is 17.7. The number of carbonyl (C=O) groups is 2. The van der Waals surface area contributed by atoms with Gasteiger partial charge < -0.3 is 24.7 Å². The second-order valence-electron chi connectivity index (χ2n) is 12.8. The molecule has 7 nitrogen and oxygen atoms in total. The summed E-state index contributed by atoms with van der Waals surface area (Å²) in [6, 6.07) is 0. The van der Waals surface area contributed by atoms with E-state index in [1.807, 2.05) is 32.6 Å². The monoisotopic (exact) mass is 542 g/mol.